The van der Waals surface area contributed by atoms with E-state index in [2.05, 4.69) is 5.32 Å². The summed E-state index contributed by atoms with van der Waals surface area (Å²) in [6.07, 6.45) is 2.41. The molecule has 154 valence electrons. The van der Waals surface area contributed by atoms with E-state index in [1.807, 2.05) is 54.6 Å². The molecule has 0 fully saturated rings. The molecule has 0 aliphatic carbocycles. The maximum Gasteiger partial charge on any atom is 0.335 e. The molecule has 3 aromatic carbocycles. The molecular formula is C25H25NO4. The number of benzene rings is 3. The number of hydrogen-bond acceptors (Lipinski definition) is 3. The van der Waals surface area contributed by atoms with Gasteiger partial charge in [0, 0.05) is 12.6 Å². The van der Waals surface area contributed by atoms with Crippen LogP contribution in [-0.2, 0) is 19.4 Å². The maximum atomic E-state index is 12.0. The van der Waals surface area contributed by atoms with Gasteiger partial charge in [-0.25, -0.2) is 4.79 Å². The molecular weight excluding hydrogens is 378 g/mol. The standard InChI is InChI=1S/C25H25NO4/c1-26-24(27)22-14-15-23(30-17-19-6-3-2-4-7-19)21(16-22)9-5-8-18-10-12-20(13-11-18)25(28)29/h2-4,6-7,10-16H,5,8-9,17H2,1H3,(H,26,27)(H,28,29). The Morgan fingerprint density at radius 1 is 0.867 bits per heavy atom. The molecule has 5 heteroatoms. The number of rotatable bonds is 9. The van der Waals surface area contributed by atoms with E-state index in [9.17, 15) is 9.59 Å². The second kappa shape index (κ2) is 10.3. The Morgan fingerprint density at radius 3 is 2.23 bits per heavy atom. The van der Waals surface area contributed by atoms with Crippen LogP contribution in [0.25, 0.3) is 0 Å². The summed E-state index contributed by atoms with van der Waals surface area (Å²) in [6.45, 7) is 0.462. The Bertz CT molecular complexity index is 997. The highest BCUT2D eigenvalue weighted by Crippen LogP contribution is 2.24. The number of carboxylic acids is 1. The lowest BCUT2D eigenvalue weighted by Crippen LogP contribution is -2.18. The summed E-state index contributed by atoms with van der Waals surface area (Å²) < 4.78 is 6.04. The van der Waals surface area contributed by atoms with Crippen molar-refractivity contribution in [3.63, 3.8) is 0 Å². The van der Waals surface area contributed by atoms with Gasteiger partial charge in [-0.05, 0) is 66.3 Å². The average Bonchev–Trinajstić information content (AvgIpc) is 2.78. The van der Waals surface area contributed by atoms with E-state index >= 15 is 0 Å². The van der Waals surface area contributed by atoms with Crippen LogP contribution in [0.2, 0.25) is 0 Å². The molecule has 0 atom stereocenters. The molecule has 2 N–H and O–H groups in total. The summed E-state index contributed by atoms with van der Waals surface area (Å²) in [7, 11) is 1.61. The summed E-state index contributed by atoms with van der Waals surface area (Å²) in [5.41, 5.74) is 4.03. The SMILES string of the molecule is CNC(=O)c1ccc(OCc2ccccc2)c(CCCc2ccc(C(=O)O)cc2)c1. The summed E-state index contributed by atoms with van der Waals surface area (Å²) >= 11 is 0. The molecule has 0 radical (unpaired) electrons. The van der Waals surface area contributed by atoms with Crippen LogP contribution >= 0.6 is 0 Å². The minimum atomic E-state index is -0.923. The summed E-state index contributed by atoms with van der Waals surface area (Å²) in [6, 6.07) is 22.4. The highest BCUT2D eigenvalue weighted by molar-refractivity contribution is 5.94. The predicted molar refractivity (Wildman–Crippen MR) is 116 cm³/mol. The number of amides is 1. The summed E-state index contributed by atoms with van der Waals surface area (Å²) in [5.74, 6) is -0.282. The number of nitrogens with one attached hydrogen (secondary N) is 1. The van der Waals surface area contributed by atoms with Crippen LogP contribution in [0.3, 0.4) is 0 Å². The number of aromatic carboxylic acids is 1. The van der Waals surface area contributed by atoms with E-state index in [-0.39, 0.29) is 11.5 Å². The molecule has 0 saturated carbocycles. The van der Waals surface area contributed by atoms with E-state index in [4.69, 9.17) is 9.84 Å². The van der Waals surface area contributed by atoms with Gasteiger partial charge in [-0.2, -0.15) is 0 Å². The number of carbonyl (C=O) groups is 2. The lowest BCUT2D eigenvalue weighted by Gasteiger charge is -2.13. The first kappa shape index (κ1) is 21.1. The van der Waals surface area contributed by atoms with Gasteiger partial charge in [0.05, 0.1) is 5.56 Å². The summed E-state index contributed by atoms with van der Waals surface area (Å²) in [5, 5.41) is 11.7. The van der Waals surface area contributed by atoms with Crippen molar-refractivity contribution < 1.29 is 19.4 Å². The maximum absolute atomic E-state index is 12.0. The molecule has 0 aromatic heterocycles. The first-order chi connectivity index (χ1) is 14.6. The third-order valence-corrected chi connectivity index (χ3v) is 4.90. The van der Waals surface area contributed by atoms with E-state index in [0.717, 1.165) is 41.7 Å². The molecule has 5 nitrogen and oxygen atoms in total. The van der Waals surface area contributed by atoms with E-state index in [1.165, 1.54) is 0 Å². The minimum absolute atomic E-state index is 0.130. The van der Waals surface area contributed by atoms with Crippen molar-refractivity contribution in [3.05, 3.63) is 101 Å². The van der Waals surface area contributed by atoms with Crippen molar-refractivity contribution in [1.29, 1.82) is 0 Å². The van der Waals surface area contributed by atoms with Gasteiger partial charge in [-0.1, -0.05) is 42.5 Å². The van der Waals surface area contributed by atoms with Gasteiger partial charge in [0.2, 0.25) is 0 Å². The van der Waals surface area contributed by atoms with Gasteiger partial charge in [0.25, 0.3) is 5.91 Å². The molecule has 0 spiro atoms. The lowest BCUT2D eigenvalue weighted by molar-refractivity contribution is 0.0696. The van der Waals surface area contributed by atoms with Crippen LogP contribution in [0.4, 0.5) is 0 Å². The fraction of sp³-hybridized carbons (Fsp3) is 0.200. The van der Waals surface area contributed by atoms with Crippen LogP contribution in [0.1, 0.15) is 43.8 Å². The molecule has 0 unspecified atom stereocenters. The van der Waals surface area contributed by atoms with Crippen molar-refractivity contribution in [1.82, 2.24) is 5.32 Å². The fourth-order valence-corrected chi connectivity index (χ4v) is 3.23. The van der Waals surface area contributed by atoms with Gasteiger partial charge in [-0.15, -0.1) is 0 Å². The second-order valence-electron chi connectivity index (χ2n) is 7.03. The molecule has 1 amide bonds. The van der Waals surface area contributed by atoms with Crippen molar-refractivity contribution in [2.24, 2.45) is 0 Å². The highest BCUT2D eigenvalue weighted by Gasteiger charge is 2.10. The Hall–Kier alpha value is -3.60. The second-order valence-corrected chi connectivity index (χ2v) is 7.03. The highest BCUT2D eigenvalue weighted by atomic mass is 16.5. The van der Waals surface area contributed by atoms with Crippen molar-refractivity contribution in [2.45, 2.75) is 25.9 Å². The van der Waals surface area contributed by atoms with Crippen molar-refractivity contribution >= 4 is 11.9 Å². The Kier molecular flexibility index (Phi) is 7.22. The predicted octanol–water partition coefficient (Wildman–Crippen LogP) is 4.50. The third kappa shape index (κ3) is 5.70. The molecule has 30 heavy (non-hydrogen) atoms. The van der Waals surface area contributed by atoms with Crippen LogP contribution in [0, 0.1) is 0 Å². The Labute approximate surface area is 176 Å². The Balaban J connectivity index is 1.69. The first-order valence-electron chi connectivity index (χ1n) is 9.91. The fourth-order valence-electron chi connectivity index (χ4n) is 3.23. The molecule has 3 aromatic rings. The van der Waals surface area contributed by atoms with E-state index < -0.39 is 5.97 Å². The lowest BCUT2D eigenvalue weighted by atomic mass is 10.0. The minimum Gasteiger partial charge on any atom is -0.489 e. The largest absolute Gasteiger partial charge is 0.489 e. The molecule has 0 heterocycles. The zero-order valence-electron chi connectivity index (χ0n) is 16.9. The topological polar surface area (TPSA) is 75.6 Å². The van der Waals surface area contributed by atoms with E-state index in [0.29, 0.717) is 12.2 Å². The monoisotopic (exact) mass is 403 g/mol. The summed E-state index contributed by atoms with van der Waals surface area (Å²) in [4.78, 5) is 23.0. The smallest absolute Gasteiger partial charge is 0.335 e. The molecule has 0 aliphatic rings. The van der Waals surface area contributed by atoms with Crippen molar-refractivity contribution in [2.75, 3.05) is 7.05 Å². The van der Waals surface area contributed by atoms with Crippen LogP contribution in [0.15, 0.2) is 72.8 Å². The van der Waals surface area contributed by atoms with E-state index in [1.54, 1.807) is 25.2 Å². The number of carbonyl (C=O) groups excluding carboxylic acids is 1. The third-order valence-electron chi connectivity index (χ3n) is 4.90. The number of ether oxygens (including phenoxy) is 1. The quantitative estimate of drug-likeness (QED) is 0.552. The number of hydrogen-bond donors (Lipinski definition) is 2. The van der Waals surface area contributed by atoms with Gasteiger partial charge in [-0.3, -0.25) is 4.79 Å². The molecule has 0 bridgehead atoms. The zero-order valence-corrected chi connectivity index (χ0v) is 16.9. The normalized spacial score (nSPS) is 10.4. The van der Waals surface area contributed by atoms with Crippen LogP contribution in [0.5, 0.6) is 5.75 Å². The number of carboxylic acid groups (broad SMARTS) is 1. The van der Waals surface area contributed by atoms with Gasteiger partial charge >= 0.3 is 5.97 Å². The van der Waals surface area contributed by atoms with Crippen molar-refractivity contribution in [3.8, 4) is 5.75 Å². The molecule has 0 aliphatic heterocycles. The Morgan fingerprint density at radius 2 is 1.57 bits per heavy atom. The van der Waals surface area contributed by atoms with Crippen LogP contribution in [-0.4, -0.2) is 24.0 Å². The van der Waals surface area contributed by atoms with Gasteiger partial charge in [0.15, 0.2) is 0 Å². The first-order valence-corrected chi connectivity index (χ1v) is 9.91. The zero-order chi connectivity index (χ0) is 21.3. The van der Waals surface area contributed by atoms with Gasteiger partial charge in [0.1, 0.15) is 12.4 Å². The molecule has 0 saturated heterocycles. The molecule has 3 rings (SSSR count). The van der Waals surface area contributed by atoms with Gasteiger partial charge < -0.3 is 15.2 Å². The number of aryl methyl sites for hydroxylation is 2. The van der Waals surface area contributed by atoms with Crippen LogP contribution < -0.4 is 10.1 Å². The average molecular weight is 403 g/mol.